The van der Waals surface area contributed by atoms with Crippen LogP contribution in [-0.2, 0) is 10.0 Å². The highest BCUT2D eigenvalue weighted by Gasteiger charge is 2.18. The third kappa shape index (κ3) is 3.52. The van der Waals surface area contributed by atoms with Crippen molar-refractivity contribution in [3.8, 4) is 5.75 Å². The Morgan fingerprint density at radius 1 is 1.05 bits per heavy atom. The molecule has 5 nitrogen and oxygen atoms in total. The van der Waals surface area contributed by atoms with E-state index in [2.05, 4.69) is 0 Å². The summed E-state index contributed by atoms with van der Waals surface area (Å²) in [6.45, 7) is 1.90. The average molecular weight is 319 g/mol. The van der Waals surface area contributed by atoms with Gasteiger partial charge in [-0.2, -0.15) is 0 Å². The number of carbonyl (C=O) groups is 1. The minimum Gasteiger partial charge on any atom is -0.423 e. The van der Waals surface area contributed by atoms with Gasteiger partial charge < -0.3 is 4.74 Å². The van der Waals surface area contributed by atoms with E-state index in [-0.39, 0.29) is 4.90 Å². The monoisotopic (exact) mass is 319 g/mol. The lowest BCUT2D eigenvalue weighted by molar-refractivity contribution is 0.0734. The van der Waals surface area contributed by atoms with E-state index >= 15 is 0 Å². The van der Waals surface area contributed by atoms with Crippen LogP contribution in [0.25, 0.3) is 0 Å². The molecule has 2 aromatic carbocycles. The minimum atomic E-state index is -3.50. The van der Waals surface area contributed by atoms with Crippen molar-refractivity contribution >= 4 is 16.0 Å². The highest BCUT2D eigenvalue weighted by atomic mass is 32.2. The molecule has 0 amide bonds. The number of aryl methyl sites for hydroxylation is 1. The Balaban J connectivity index is 2.19. The van der Waals surface area contributed by atoms with Gasteiger partial charge in [0.1, 0.15) is 5.75 Å². The summed E-state index contributed by atoms with van der Waals surface area (Å²) in [6.07, 6.45) is 0. The van der Waals surface area contributed by atoms with Crippen LogP contribution in [0.5, 0.6) is 5.75 Å². The molecule has 0 saturated heterocycles. The molecule has 6 heteroatoms. The van der Waals surface area contributed by atoms with Crippen molar-refractivity contribution < 1.29 is 17.9 Å². The Hall–Kier alpha value is -2.18. The Morgan fingerprint density at radius 3 is 2.23 bits per heavy atom. The molecular formula is C16H17NO4S. The normalized spacial score (nSPS) is 11.5. The third-order valence-electron chi connectivity index (χ3n) is 3.07. The number of hydrogen-bond acceptors (Lipinski definition) is 4. The molecule has 0 aliphatic carbocycles. The van der Waals surface area contributed by atoms with E-state index in [1.165, 1.54) is 38.4 Å². The molecule has 0 aromatic heterocycles. The summed E-state index contributed by atoms with van der Waals surface area (Å²) in [7, 11) is -0.595. The number of sulfonamides is 1. The van der Waals surface area contributed by atoms with Gasteiger partial charge in [0.05, 0.1) is 10.5 Å². The number of nitrogens with zero attached hydrogens (tertiary/aromatic N) is 1. The number of rotatable bonds is 4. The van der Waals surface area contributed by atoms with Crippen LogP contribution in [0.15, 0.2) is 53.4 Å². The molecule has 2 aromatic rings. The second kappa shape index (κ2) is 6.29. The highest BCUT2D eigenvalue weighted by molar-refractivity contribution is 7.89. The van der Waals surface area contributed by atoms with E-state index in [9.17, 15) is 13.2 Å². The standard InChI is InChI=1S/C16H17NO4S/c1-12-5-4-6-14(11-12)21-16(18)13-7-9-15(10-8-13)22(19,20)17(2)3/h4-11H,1-3H3. The fourth-order valence-electron chi connectivity index (χ4n) is 1.82. The predicted octanol–water partition coefficient (Wildman–Crippen LogP) is 2.46. The van der Waals surface area contributed by atoms with E-state index in [4.69, 9.17) is 4.74 Å². The summed E-state index contributed by atoms with van der Waals surface area (Å²) in [5.74, 6) is -0.0746. The minimum absolute atomic E-state index is 0.129. The Bertz CT molecular complexity index is 780. The molecule has 0 radical (unpaired) electrons. The Kier molecular flexibility index (Phi) is 4.63. The largest absolute Gasteiger partial charge is 0.423 e. The number of benzene rings is 2. The van der Waals surface area contributed by atoms with Crippen LogP contribution in [0.3, 0.4) is 0 Å². The van der Waals surface area contributed by atoms with Crippen LogP contribution in [0, 0.1) is 6.92 Å². The molecule has 0 unspecified atom stereocenters. The van der Waals surface area contributed by atoms with Crippen LogP contribution in [-0.4, -0.2) is 32.8 Å². The second-order valence-corrected chi connectivity index (χ2v) is 7.17. The fourth-order valence-corrected chi connectivity index (χ4v) is 2.72. The van der Waals surface area contributed by atoms with Gasteiger partial charge in [0.2, 0.25) is 10.0 Å². The first-order chi connectivity index (χ1) is 10.3. The highest BCUT2D eigenvalue weighted by Crippen LogP contribution is 2.17. The quantitative estimate of drug-likeness (QED) is 0.641. The zero-order valence-electron chi connectivity index (χ0n) is 12.6. The van der Waals surface area contributed by atoms with E-state index in [0.29, 0.717) is 11.3 Å². The summed E-state index contributed by atoms with van der Waals surface area (Å²) in [4.78, 5) is 12.2. The average Bonchev–Trinajstić information content (AvgIpc) is 2.47. The van der Waals surface area contributed by atoms with E-state index in [1.54, 1.807) is 18.2 Å². The van der Waals surface area contributed by atoms with Gasteiger partial charge in [0.25, 0.3) is 0 Å². The van der Waals surface area contributed by atoms with Crippen molar-refractivity contribution in [3.63, 3.8) is 0 Å². The number of hydrogen-bond donors (Lipinski definition) is 0. The molecule has 0 fully saturated rings. The predicted molar refractivity (Wildman–Crippen MR) is 83.5 cm³/mol. The zero-order valence-corrected chi connectivity index (χ0v) is 13.4. The number of ether oxygens (including phenoxy) is 1. The van der Waals surface area contributed by atoms with Crippen LogP contribution in [0.2, 0.25) is 0 Å². The molecule has 0 N–H and O–H groups in total. The first-order valence-corrected chi connectivity index (χ1v) is 8.06. The summed E-state index contributed by atoms with van der Waals surface area (Å²) >= 11 is 0. The molecule has 2 rings (SSSR count). The van der Waals surface area contributed by atoms with Gasteiger partial charge in [-0.25, -0.2) is 17.5 Å². The Labute approximate surface area is 130 Å². The van der Waals surface area contributed by atoms with E-state index in [1.807, 2.05) is 13.0 Å². The molecular weight excluding hydrogens is 302 g/mol. The summed E-state index contributed by atoms with van der Waals surface area (Å²) < 4.78 is 30.3. The van der Waals surface area contributed by atoms with Gasteiger partial charge in [-0.3, -0.25) is 0 Å². The van der Waals surface area contributed by atoms with Gasteiger partial charge >= 0.3 is 5.97 Å². The molecule has 22 heavy (non-hydrogen) atoms. The van der Waals surface area contributed by atoms with Crippen LogP contribution < -0.4 is 4.74 Å². The lowest BCUT2D eigenvalue weighted by Crippen LogP contribution is -2.22. The first kappa shape index (κ1) is 16.2. The first-order valence-electron chi connectivity index (χ1n) is 6.62. The molecule has 0 atom stereocenters. The lowest BCUT2D eigenvalue weighted by atomic mass is 10.2. The summed E-state index contributed by atoms with van der Waals surface area (Å²) in [6, 6.07) is 12.8. The fraction of sp³-hybridized carbons (Fsp3) is 0.188. The topological polar surface area (TPSA) is 63.7 Å². The van der Waals surface area contributed by atoms with Crippen molar-refractivity contribution in [2.75, 3.05) is 14.1 Å². The maximum Gasteiger partial charge on any atom is 0.343 e. The van der Waals surface area contributed by atoms with Gasteiger partial charge in [-0.1, -0.05) is 12.1 Å². The molecule has 0 aliphatic heterocycles. The Morgan fingerprint density at radius 2 is 1.68 bits per heavy atom. The van der Waals surface area contributed by atoms with Crippen LogP contribution in [0.4, 0.5) is 0 Å². The van der Waals surface area contributed by atoms with Gasteiger partial charge in [-0.05, 0) is 48.9 Å². The van der Waals surface area contributed by atoms with Crippen molar-refractivity contribution in [2.45, 2.75) is 11.8 Å². The number of carbonyl (C=O) groups excluding carboxylic acids is 1. The molecule has 116 valence electrons. The SMILES string of the molecule is Cc1cccc(OC(=O)c2ccc(S(=O)(=O)N(C)C)cc2)c1. The van der Waals surface area contributed by atoms with Crippen LogP contribution >= 0.6 is 0 Å². The van der Waals surface area contributed by atoms with Gasteiger partial charge in [-0.15, -0.1) is 0 Å². The van der Waals surface area contributed by atoms with Gasteiger partial charge in [0, 0.05) is 14.1 Å². The smallest absolute Gasteiger partial charge is 0.343 e. The summed E-state index contributed by atoms with van der Waals surface area (Å²) in [5.41, 5.74) is 1.27. The van der Waals surface area contributed by atoms with Crippen molar-refractivity contribution in [1.29, 1.82) is 0 Å². The maximum absolute atomic E-state index is 12.0. The molecule has 0 spiro atoms. The van der Waals surface area contributed by atoms with Crippen LogP contribution in [0.1, 0.15) is 15.9 Å². The summed E-state index contributed by atoms with van der Waals surface area (Å²) in [5, 5.41) is 0. The zero-order chi connectivity index (χ0) is 16.3. The van der Waals surface area contributed by atoms with Gasteiger partial charge in [0.15, 0.2) is 0 Å². The molecule has 0 heterocycles. The molecule has 0 bridgehead atoms. The van der Waals surface area contributed by atoms with E-state index < -0.39 is 16.0 Å². The van der Waals surface area contributed by atoms with E-state index in [0.717, 1.165) is 9.87 Å². The molecule has 0 saturated carbocycles. The second-order valence-electron chi connectivity index (χ2n) is 5.02. The third-order valence-corrected chi connectivity index (χ3v) is 4.90. The lowest BCUT2D eigenvalue weighted by Gasteiger charge is -2.11. The molecule has 0 aliphatic rings. The maximum atomic E-state index is 12.0. The van der Waals surface area contributed by atoms with Crippen molar-refractivity contribution in [2.24, 2.45) is 0 Å². The van der Waals surface area contributed by atoms with Crippen molar-refractivity contribution in [1.82, 2.24) is 4.31 Å². The van der Waals surface area contributed by atoms with Crippen molar-refractivity contribution in [3.05, 3.63) is 59.7 Å². The number of esters is 1.